The molecule has 180 valence electrons. The molecule has 0 N–H and O–H groups in total. The van der Waals surface area contributed by atoms with Crippen LogP contribution >= 0.6 is 0 Å². The third-order valence-corrected chi connectivity index (χ3v) is 7.68. The van der Waals surface area contributed by atoms with Crippen molar-refractivity contribution in [1.29, 1.82) is 0 Å². The molecule has 3 heterocycles. The number of nitrogens with zero attached hydrogens (tertiary/aromatic N) is 3. The minimum atomic E-state index is -0.994. The first-order chi connectivity index (χ1) is 18.0. The monoisotopic (exact) mass is 489 g/mol. The van der Waals surface area contributed by atoms with E-state index in [-0.39, 0.29) is 17.3 Å². The highest BCUT2D eigenvalue weighted by atomic mass is 19.1. The van der Waals surface area contributed by atoms with Gasteiger partial charge in [0.1, 0.15) is 11.9 Å². The van der Waals surface area contributed by atoms with Crippen LogP contribution in [0.25, 0.3) is 10.8 Å². The van der Waals surface area contributed by atoms with Gasteiger partial charge in [0.15, 0.2) is 5.78 Å². The molecule has 2 amide bonds. The van der Waals surface area contributed by atoms with E-state index in [1.54, 1.807) is 17.3 Å². The highest BCUT2D eigenvalue weighted by molar-refractivity contribution is 6.25. The van der Waals surface area contributed by atoms with Crippen LogP contribution in [0.5, 0.6) is 0 Å². The number of hydrazone groups is 1. The molecule has 0 bridgehead atoms. The Labute approximate surface area is 211 Å². The maximum absolute atomic E-state index is 14.0. The summed E-state index contributed by atoms with van der Waals surface area (Å²) in [6.45, 7) is 0. The number of anilines is 1. The van der Waals surface area contributed by atoms with Gasteiger partial charge in [0.05, 0.1) is 29.8 Å². The van der Waals surface area contributed by atoms with Gasteiger partial charge in [-0.15, -0.1) is 0 Å². The Bertz CT molecular complexity index is 1650. The topological polar surface area (TPSA) is 70.0 Å². The van der Waals surface area contributed by atoms with Crippen LogP contribution in [0.4, 0.5) is 10.1 Å². The van der Waals surface area contributed by atoms with E-state index >= 15 is 0 Å². The Morgan fingerprint density at radius 2 is 1.49 bits per heavy atom. The van der Waals surface area contributed by atoms with Gasteiger partial charge in [-0.1, -0.05) is 54.6 Å². The summed E-state index contributed by atoms with van der Waals surface area (Å²) in [6, 6.07) is 24.5. The highest BCUT2D eigenvalue weighted by Gasteiger charge is 2.65. The number of hydrogen-bond donors (Lipinski definition) is 0. The molecule has 7 rings (SSSR count). The van der Waals surface area contributed by atoms with Crippen molar-refractivity contribution in [2.24, 2.45) is 16.9 Å². The molecular formula is C30H20FN3O3. The number of benzene rings is 4. The molecule has 0 radical (unpaired) electrons. The summed E-state index contributed by atoms with van der Waals surface area (Å²) in [7, 11) is 0. The van der Waals surface area contributed by atoms with Gasteiger partial charge in [0, 0.05) is 5.56 Å². The number of ketones is 1. The molecule has 0 spiro atoms. The van der Waals surface area contributed by atoms with E-state index in [1.807, 2.05) is 60.7 Å². The molecule has 0 aliphatic carbocycles. The number of imide groups is 1. The second-order valence-electron chi connectivity index (χ2n) is 9.61. The zero-order chi connectivity index (χ0) is 25.3. The number of carbonyl (C=O) groups excluding carboxylic acids is 3. The van der Waals surface area contributed by atoms with Gasteiger partial charge in [0.2, 0.25) is 11.8 Å². The van der Waals surface area contributed by atoms with Crippen LogP contribution in [0.1, 0.15) is 27.5 Å². The van der Waals surface area contributed by atoms with Gasteiger partial charge in [-0.05, 0) is 58.3 Å². The van der Waals surface area contributed by atoms with Crippen LogP contribution < -0.4 is 4.90 Å². The van der Waals surface area contributed by atoms with Crippen LogP contribution in [0.2, 0.25) is 0 Å². The minimum Gasteiger partial charge on any atom is -0.292 e. The Kier molecular flexibility index (Phi) is 4.63. The van der Waals surface area contributed by atoms with Gasteiger partial charge in [-0.3, -0.25) is 19.4 Å². The third-order valence-electron chi connectivity index (χ3n) is 7.68. The van der Waals surface area contributed by atoms with E-state index in [4.69, 9.17) is 0 Å². The zero-order valence-electron chi connectivity index (χ0n) is 19.5. The van der Waals surface area contributed by atoms with Crippen molar-refractivity contribution in [3.8, 4) is 0 Å². The summed E-state index contributed by atoms with van der Waals surface area (Å²) < 4.78 is 13.6. The average Bonchev–Trinajstić information content (AvgIpc) is 3.40. The number of fused-ring (bicyclic) bond motifs is 6. The van der Waals surface area contributed by atoms with Crippen molar-refractivity contribution >= 4 is 40.3 Å². The van der Waals surface area contributed by atoms with Crippen LogP contribution in [0.15, 0.2) is 96.1 Å². The molecule has 7 heteroatoms. The van der Waals surface area contributed by atoms with Crippen LogP contribution in [0, 0.1) is 17.7 Å². The first-order valence-electron chi connectivity index (χ1n) is 12.1. The van der Waals surface area contributed by atoms with E-state index in [2.05, 4.69) is 5.10 Å². The van der Waals surface area contributed by atoms with Gasteiger partial charge >= 0.3 is 0 Å². The van der Waals surface area contributed by atoms with Gasteiger partial charge in [-0.25, -0.2) is 9.29 Å². The molecule has 0 aromatic heterocycles. The number of carbonyl (C=O) groups is 3. The molecular weight excluding hydrogens is 469 g/mol. The number of amides is 2. The summed E-state index contributed by atoms with van der Waals surface area (Å²) in [6.07, 6.45) is 1.66. The maximum atomic E-state index is 14.0. The zero-order valence-corrected chi connectivity index (χ0v) is 19.5. The van der Waals surface area contributed by atoms with E-state index in [0.717, 1.165) is 21.9 Å². The van der Waals surface area contributed by atoms with Crippen molar-refractivity contribution < 1.29 is 18.8 Å². The molecule has 3 aliphatic heterocycles. The molecule has 2 saturated heterocycles. The standard InChI is InChI=1S/C30H20FN3O3/c31-21-12-9-18(10-13-21)28(35)27-25-24(26-23-8-4-3-7-20(23)16-32-34(26)27)29(36)33(30(25)37)22-14-11-17-5-1-2-6-19(17)15-22/h1-16,24-27H/t24-,25+,26-,27-/m1/s1. The summed E-state index contributed by atoms with van der Waals surface area (Å²) in [5.74, 6) is -3.31. The molecule has 0 unspecified atom stereocenters. The lowest BCUT2D eigenvalue weighted by molar-refractivity contribution is -0.124. The molecule has 4 aromatic rings. The molecule has 2 fully saturated rings. The van der Waals surface area contributed by atoms with Crippen molar-refractivity contribution in [3.63, 3.8) is 0 Å². The maximum Gasteiger partial charge on any atom is 0.240 e. The molecule has 3 aliphatic rings. The fourth-order valence-corrected chi connectivity index (χ4v) is 6.02. The fourth-order valence-electron chi connectivity index (χ4n) is 6.02. The first kappa shape index (κ1) is 21.6. The Hall–Kier alpha value is -4.65. The van der Waals surface area contributed by atoms with Crippen LogP contribution in [0.3, 0.4) is 0 Å². The Morgan fingerprint density at radius 1 is 0.784 bits per heavy atom. The smallest absolute Gasteiger partial charge is 0.240 e. The van der Waals surface area contributed by atoms with Crippen molar-refractivity contribution in [2.75, 3.05) is 4.90 Å². The Balaban J connectivity index is 1.37. The average molecular weight is 490 g/mol. The van der Waals surface area contributed by atoms with Crippen molar-refractivity contribution in [3.05, 3.63) is 114 Å². The van der Waals surface area contributed by atoms with Gasteiger partial charge < -0.3 is 0 Å². The van der Waals surface area contributed by atoms with Crippen molar-refractivity contribution in [2.45, 2.75) is 12.1 Å². The highest BCUT2D eigenvalue weighted by Crippen LogP contribution is 2.53. The largest absolute Gasteiger partial charge is 0.292 e. The summed E-state index contributed by atoms with van der Waals surface area (Å²) >= 11 is 0. The number of rotatable bonds is 3. The Morgan fingerprint density at radius 3 is 2.30 bits per heavy atom. The van der Waals surface area contributed by atoms with E-state index in [1.165, 1.54) is 29.2 Å². The first-order valence-corrected chi connectivity index (χ1v) is 12.1. The second-order valence-corrected chi connectivity index (χ2v) is 9.61. The molecule has 0 saturated carbocycles. The van der Waals surface area contributed by atoms with Crippen LogP contribution in [-0.4, -0.2) is 34.9 Å². The number of hydrogen-bond acceptors (Lipinski definition) is 5. The van der Waals surface area contributed by atoms with Gasteiger partial charge in [-0.2, -0.15) is 5.10 Å². The minimum absolute atomic E-state index is 0.268. The lowest BCUT2D eigenvalue weighted by Gasteiger charge is -2.33. The van der Waals surface area contributed by atoms with Crippen LogP contribution in [-0.2, 0) is 9.59 Å². The second kappa shape index (κ2) is 7.93. The lowest BCUT2D eigenvalue weighted by Crippen LogP contribution is -2.44. The summed E-state index contributed by atoms with van der Waals surface area (Å²) in [4.78, 5) is 43.1. The molecule has 37 heavy (non-hydrogen) atoms. The SMILES string of the molecule is O=C(c1ccc(F)cc1)[C@H]1[C@H]2C(=O)N(c3ccc4ccccc4c3)C(=O)[C@H]2[C@H]2c3ccccc3C=NN21. The molecule has 4 atom stereocenters. The quantitative estimate of drug-likeness (QED) is 0.308. The lowest BCUT2D eigenvalue weighted by atomic mass is 9.83. The van der Waals surface area contributed by atoms with E-state index in [0.29, 0.717) is 5.69 Å². The predicted molar refractivity (Wildman–Crippen MR) is 137 cm³/mol. The fraction of sp³-hybridized carbons (Fsp3) is 0.133. The van der Waals surface area contributed by atoms with Gasteiger partial charge in [0.25, 0.3) is 0 Å². The normalized spacial score (nSPS) is 23.8. The summed E-state index contributed by atoms with van der Waals surface area (Å²) in [5, 5.41) is 8.07. The molecule has 6 nitrogen and oxygen atoms in total. The van der Waals surface area contributed by atoms with Crippen molar-refractivity contribution in [1.82, 2.24) is 5.01 Å². The van der Waals surface area contributed by atoms with E-state index in [9.17, 15) is 18.8 Å². The summed E-state index contributed by atoms with van der Waals surface area (Å²) in [5.41, 5.74) is 2.45. The van der Waals surface area contributed by atoms with E-state index < -0.39 is 35.6 Å². The predicted octanol–water partition coefficient (Wildman–Crippen LogP) is 4.74. The number of Topliss-reactive ketones (excluding diaryl/α,β-unsaturated/α-hetero) is 1. The molecule has 4 aromatic carbocycles. The third kappa shape index (κ3) is 3.10. The number of halogens is 1.